The fourth-order valence-electron chi connectivity index (χ4n) is 3.20. The quantitative estimate of drug-likeness (QED) is 0.917. The first-order valence-electron chi connectivity index (χ1n) is 7.34. The lowest BCUT2D eigenvalue weighted by atomic mass is 9.99. The smallest absolute Gasteiger partial charge is 0.251 e. The van der Waals surface area contributed by atoms with E-state index in [-0.39, 0.29) is 5.82 Å². The molecular formula is C17H19FN2O. The lowest BCUT2D eigenvalue weighted by Gasteiger charge is -2.10. The highest BCUT2D eigenvalue weighted by Crippen LogP contribution is 2.43. The van der Waals surface area contributed by atoms with Crippen LogP contribution in [0.25, 0.3) is 11.1 Å². The van der Waals surface area contributed by atoms with Crippen molar-refractivity contribution >= 4 is 5.91 Å². The summed E-state index contributed by atoms with van der Waals surface area (Å²) in [4.78, 5) is 11.9. The molecule has 0 spiro atoms. The second-order valence-corrected chi connectivity index (χ2v) is 5.61. The minimum atomic E-state index is -0.444. The summed E-state index contributed by atoms with van der Waals surface area (Å²) in [5, 5.41) is 0. The molecule has 3 nitrogen and oxygen atoms in total. The molecule has 1 aliphatic carbocycles. The Morgan fingerprint density at radius 2 is 2.14 bits per heavy atom. The van der Waals surface area contributed by atoms with Crippen molar-refractivity contribution in [3.8, 4) is 11.1 Å². The van der Waals surface area contributed by atoms with Gasteiger partial charge in [0.1, 0.15) is 5.82 Å². The number of carbonyl (C=O) groups is 1. The van der Waals surface area contributed by atoms with Crippen molar-refractivity contribution in [3.05, 3.63) is 47.0 Å². The van der Waals surface area contributed by atoms with E-state index in [1.54, 1.807) is 6.07 Å². The zero-order valence-electron chi connectivity index (χ0n) is 12.3. The Kier molecular flexibility index (Phi) is 3.32. The first-order chi connectivity index (χ1) is 10.0. The maximum atomic E-state index is 13.6. The summed E-state index contributed by atoms with van der Waals surface area (Å²) in [7, 11) is 0. The molecule has 110 valence electrons. The van der Waals surface area contributed by atoms with Gasteiger partial charge in [0.25, 0.3) is 5.91 Å². The van der Waals surface area contributed by atoms with Crippen LogP contribution in [0.3, 0.4) is 0 Å². The third-order valence-electron chi connectivity index (χ3n) is 4.16. The minimum absolute atomic E-state index is 0.304. The van der Waals surface area contributed by atoms with Crippen LogP contribution < -0.4 is 5.73 Å². The Morgan fingerprint density at radius 3 is 2.67 bits per heavy atom. The van der Waals surface area contributed by atoms with Crippen molar-refractivity contribution in [2.45, 2.75) is 39.2 Å². The van der Waals surface area contributed by atoms with Crippen molar-refractivity contribution in [2.75, 3.05) is 0 Å². The van der Waals surface area contributed by atoms with Gasteiger partial charge in [0.05, 0.1) is 5.56 Å². The number of benzene rings is 1. The Labute approximate surface area is 123 Å². The van der Waals surface area contributed by atoms with E-state index in [4.69, 9.17) is 5.73 Å². The van der Waals surface area contributed by atoms with Crippen LogP contribution in [0.2, 0.25) is 0 Å². The molecule has 0 radical (unpaired) electrons. The third kappa shape index (κ3) is 2.24. The van der Waals surface area contributed by atoms with Crippen LogP contribution in [0.4, 0.5) is 4.39 Å². The van der Waals surface area contributed by atoms with E-state index in [9.17, 15) is 9.18 Å². The molecule has 2 aromatic rings. The van der Waals surface area contributed by atoms with E-state index in [1.165, 1.54) is 12.1 Å². The molecule has 1 saturated carbocycles. The third-order valence-corrected chi connectivity index (χ3v) is 4.16. The van der Waals surface area contributed by atoms with Gasteiger partial charge in [-0.25, -0.2) is 4.39 Å². The summed E-state index contributed by atoms with van der Waals surface area (Å²) in [5.74, 6) is -0.748. The molecule has 1 aromatic carbocycles. The van der Waals surface area contributed by atoms with Crippen LogP contribution in [0.1, 0.15) is 47.6 Å². The van der Waals surface area contributed by atoms with Crippen LogP contribution in [-0.2, 0) is 6.42 Å². The maximum absolute atomic E-state index is 13.6. The van der Waals surface area contributed by atoms with Gasteiger partial charge in [-0.3, -0.25) is 4.79 Å². The molecule has 21 heavy (non-hydrogen) atoms. The Balaban J connectivity index is 2.31. The number of halogens is 1. The number of primary amides is 1. The Bertz CT molecular complexity index is 714. The first-order valence-corrected chi connectivity index (χ1v) is 7.34. The maximum Gasteiger partial charge on any atom is 0.251 e. The van der Waals surface area contributed by atoms with Gasteiger partial charge in [0.15, 0.2) is 0 Å². The second-order valence-electron chi connectivity index (χ2n) is 5.61. The van der Waals surface area contributed by atoms with Gasteiger partial charge >= 0.3 is 0 Å². The highest BCUT2D eigenvalue weighted by atomic mass is 19.1. The topological polar surface area (TPSA) is 48.0 Å². The number of nitrogens with two attached hydrogens (primary N) is 1. The average molecular weight is 286 g/mol. The molecular weight excluding hydrogens is 267 g/mol. The van der Waals surface area contributed by atoms with Crippen molar-refractivity contribution in [1.82, 2.24) is 4.57 Å². The first kappa shape index (κ1) is 13.9. The molecule has 1 amide bonds. The monoisotopic (exact) mass is 286 g/mol. The lowest BCUT2D eigenvalue weighted by Crippen LogP contribution is -2.13. The predicted octanol–water partition coefficient (Wildman–Crippen LogP) is 3.60. The van der Waals surface area contributed by atoms with Crippen LogP contribution in [-0.4, -0.2) is 10.5 Å². The number of amides is 1. The number of hydrogen-bond donors (Lipinski definition) is 1. The van der Waals surface area contributed by atoms with Crippen molar-refractivity contribution in [2.24, 2.45) is 5.73 Å². The summed E-state index contributed by atoms with van der Waals surface area (Å²) in [6.07, 6.45) is 3.04. The van der Waals surface area contributed by atoms with E-state index in [0.29, 0.717) is 11.6 Å². The number of aromatic nitrogens is 1. The summed E-state index contributed by atoms with van der Waals surface area (Å²) < 4.78 is 15.8. The molecule has 1 aliphatic rings. The van der Waals surface area contributed by atoms with Gasteiger partial charge in [0.2, 0.25) is 0 Å². The van der Waals surface area contributed by atoms with Crippen molar-refractivity contribution in [1.29, 1.82) is 0 Å². The lowest BCUT2D eigenvalue weighted by molar-refractivity contribution is 0.1000. The molecule has 0 unspecified atom stereocenters. The average Bonchev–Trinajstić information content (AvgIpc) is 3.21. The molecule has 1 aromatic heterocycles. The molecule has 3 rings (SSSR count). The molecule has 1 heterocycles. The van der Waals surface area contributed by atoms with Gasteiger partial charge in [-0.15, -0.1) is 0 Å². The minimum Gasteiger partial charge on any atom is -0.366 e. The molecule has 0 saturated heterocycles. The van der Waals surface area contributed by atoms with Crippen LogP contribution in [0, 0.1) is 12.7 Å². The summed E-state index contributed by atoms with van der Waals surface area (Å²) >= 11 is 0. The normalized spacial score (nSPS) is 14.4. The number of hydrogen-bond acceptors (Lipinski definition) is 1. The molecule has 1 fully saturated rings. The van der Waals surface area contributed by atoms with Crippen LogP contribution >= 0.6 is 0 Å². The van der Waals surface area contributed by atoms with Gasteiger partial charge in [0, 0.05) is 23.0 Å². The standard InChI is InChI=1S/C17H19FN2O/c1-3-14-16(11-5-4-6-12(18)9-11)15(17(19)21)10(2)20(14)13-7-8-13/h4-6,9,13H,3,7-8H2,1-2H3,(H2,19,21). The van der Waals surface area contributed by atoms with E-state index in [0.717, 1.165) is 41.8 Å². The van der Waals surface area contributed by atoms with E-state index >= 15 is 0 Å². The SMILES string of the molecule is CCc1c(-c2cccc(F)c2)c(C(N)=O)c(C)n1C1CC1. The van der Waals surface area contributed by atoms with Gasteiger partial charge < -0.3 is 10.3 Å². The van der Waals surface area contributed by atoms with E-state index in [2.05, 4.69) is 11.5 Å². The summed E-state index contributed by atoms with van der Waals surface area (Å²) in [6, 6.07) is 6.83. The van der Waals surface area contributed by atoms with Gasteiger partial charge in [-0.2, -0.15) is 0 Å². The van der Waals surface area contributed by atoms with Crippen molar-refractivity contribution < 1.29 is 9.18 Å². The number of rotatable bonds is 4. The predicted molar refractivity (Wildman–Crippen MR) is 80.7 cm³/mol. The largest absolute Gasteiger partial charge is 0.366 e. The number of carbonyl (C=O) groups excluding carboxylic acids is 1. The van der Waals surface area contributed by atoms with Crippen LogP contribution in [0.5, 0.6) is 0 Å². The molecule has 4 heteroatoms. The fourth-order valence-corrected chi connectivity index (χ4v) is 3.20. The Morgan fingerprint density at radius 1 is 1.43 bits per heavy atom. The van der Waals surface area contributed by atoms with E-state index in [1.807, 2.05) is 13.0 Å². The highest BCUT2D eigenvalue weighted by molar-refractivity contribution is 6.02. The van der Waals surface area contributed by atoms with Gasteiger partial charge in [-0.05, 0) is 43.9 Å². The summed E-state index contributed by atoms with van der Waals surface area (Å²) in [6.45, 7) is 3.99. The zero-order valence-corrected chi connectivity index (χ0v) is 12.3. The van der Waals surface area contributed by atoms with Gasteiger partial charge in [-0.1, -0.05) is 19.1 Å². The van der Waals surface area contributed by atoms with E-state index < -0.39 is 5.91 Å². The zero-order chi connectivity index (χ0) is 15.1. The van der Waals surface area contributed by atoms with Crippen LogP contribution in [0.15, 0.2) is 24.3 Å². The van der Waals surface area contributed by atoms with Crippen molar-refractivity contribution in [3.63, 3.8) is 0 Å². The molecule has 2 N–H and O–H groups in total. The molecule has 0 atom stereocenters. The summed E-state index contributed by atoms with van der Waals surface area (Å²) in [5.41, 5.74) is 9.64. The number of nitrogens with zero attached hydrogens (tertiary/aromatic N) is 1. The Hall–Kier alpha value is -2.10. The fraction of sp³-hybridized carbons (Fsp3) is 0.353. The second kappa shape index (κ2) is 5.02. The molecule has 0 bridgehead atoms. The highest BCUT2D eigenvalue weighted by Gasteiger charge is 2.32. The molecule has 0 aliphatic heterocycles.